The molecule has 1 aliphatic rings. The van der Waals surface area contributed by atoms with Gasteiger partial charge in [0.2, 0.25) is 0 Å². The van der Waals surface area contributed by atoms with E-state index >= 15 is 0 Å². The second-order valence-electron chi connectivity index (χ2n) is 5.54. The van der Waals surface area contributed by atoms with Gasteiger partial charge in [-0.1, -0.05) is 26.0 Å². The lowest BCUT2D eigenvalue weighted by atomic mass is 9.79. The molecule has 0 saturated heterocycles. The van der Waals surface area contributed by atoms with Gasteiger partial charge < -0.3 is 5.32 Å². The third-order valence-corrected chi connectivity index (χ3v) is 4.17. The Labute approximate surface area is 103 Å². The minimum Gasteiger partial charge on any atom is -0.380 e. The van der Waals surface area contributed by atoms with Gasteiger partial charge in [-0.3, -0.25) is 0 Å². The molecule has 0 aliphatic heterocycles. The van der Waals surface area contributed by atoms with Crippen LogP contribution in [0.4, 0.5) is 10.1 Å². The summed E-state index contributed by atoms with van der Waals surface area (Å²) in [5, 5.41) is 3.39. The summed E-state index contributed by atoms with van der Waals surface area (Å²) in [6.45, 7) is 6.57. The molecular formula is C15H22FN. The standard InChI is InChI=1S/C15H22FN/c1-10-7-8-13(9-12(10)3)17-15-11(2)5-4-6-14(15)16/h4-6,10,12-13,17H,7-9H2,1-3H3. The maximum absolute atomic E-state index is 13.7. The number of nitrogens with one attached hydrogen (secondary N) is 1. The van der Waals surface area contributed by atoms with Gasteiger partial charge in [0.1, 0.15) is 5.82 Å². The van der Waals surface area contributed by atoms with Crippen LogP contribution in [0.1, 0.15) is 38.7 Å². The fourth-order valence-corrected chi connectivity index (χ4v) is 2.70. The van der Waals surface area contributed by atoms with E-state index in [9.17, 15) is 4.39 Å². The van der Waals surface area contributed by atoms with Crippen LogP contribution in [0.15, 0.2) is 18.2 Å². The monoisotopic (exact) mass is 235 g/mol. The Hall–Kier alpha value is -1.05. The molecule has 1 nitrogen and oxygen atoms in total. The molecule has 3 unspecified atom stereocenters. The first-order valence-electron chi connectivity index (χ1n) is 6.59. The van der Waals surface area contributed by atoms with Crippen molar-refractivity contribution in [2.24, 2.45) is 11.8 Å². The van der Waals surface area contributed by atoms with Crippen LogP contribution >= 0.6 is 0 Å². The van der Waals surface area contributed by atoms with Crippen molar-refractivity contribution in [1.82, 2.24) is 0 Å². The number of hydrogen-bond acceptors (Lipinski definition) is 1. The highest BCUT2D eigenvalue weighted by Crippen LogP contribution is 2.32. The minimum absolute atomic E-state index is 0.128. The molecule has 2 heteroatoms. The van der Waals surface area contributed by atoms with Crippen molar-refractivity contribution >= 4 is 5.69 Å². The zero-order valence-corrected chi connectivity index (χ0v) is 11.0. The van der Waals surface area contributed by atoms with Gasteiger partial charge in [-0.2, -0.15) is 0 Å². The van der Waals surface area contributed by atoms with Crippen LogP contribution in [-0.2, 0) is 0 Å². The zero-order chi connectivity index (χ0) is 12.4. The van der Waals surface area contributed by atoms with Crippen molar-refractivity contribution in [3.8, 4) is 0 Å². The first-order valence-corrected chi connectivity index (χ1v) is 6.59. The van der Waals surface area contributed by atoms with Gasteiger partial charge >= 0.3 is 0 Å². The number of anilines is 1. The molecule has 0 amide bonds. The lowest BCUT2D eigenvalue weighted by Gasteiger charge is -2.33. The van der Waals surface area contributed by atoms with Crippen LogP contribution in [0.3, 0.4) is 0 Å². The van der Waals surface area contributed by atoms with Gasteiger partial charge in [0.25, 0.3) is 0 Å². The Morgan fingerprint density at radius 1 is 1.18 bits per heavy atom. The molecule has 1 aromatic carbocycles. The summed E-state index contributed by atoms with van der Waals surface area (Å²) in [6, 6.07) is 5.68. The zero-order valence-electron chi connectivity index (χ0n) is 11.0. The molecular weight excluding hydrogens is 213 g/mol. The van der Waals surface area contributed by atoms with Crippen molar-refractivity contribution in [2.45, 2.75) is 46.1 Å². The number of benzene rings is 1. The third-order valence-electron chi connectivity index (χ3n) is 4.17. The summed E-state index contributed by atoms with van der Waals surface area (Å²) in [5.41, 5.74) is 1.69. The van der Waals surface area contributed by atoms with Crippen LogP contribution in [0.5, 0.6) is 0 Å². The molecule has 0 radical (unpaired) electrons. The van der Waals surface area contributed by atoms with Gasteiger partial charge in [-0.05, 0) is 49.7 Å². The van der Waals surface area contributed by atoms with Gasteiger partial charge in [-0.25, -0.2) is 4.39 Å². The quantitative estimate of drug-likeness (QED) is 0.802. The van der Waals surface area contributed by atoms with E-state index in [1.807, 2.05) is 13.0 Å². The van der Waals surface area contributed by atoms with Crippen molar-refractivity contribution in [2.75, 3.05) is 5.32 Å². The van der Waals surface area contributed by atoms with Crippen LogP contribution in [0.25, 0.3) is 0 Å². The molecule has 1 aromatic rings. The van der Waals surface area contributed by atoms with Crippen molar-refractivity contribution in [3.05, 3.63) is 29.6 Å². The average molecular weight is 235 g/mol. The van der Waals surface area contributed by atoms with E-state index in [0.717, 1.165) is 30.2 Å². The van der Waals surface area contributed by atoms with Crippen molar-refractivity contribution < 1.29 is 4.39 Å². The predicted molar refractivity (Wildman–Crippen MR) is 70.7 cm³/mol. The molecule has 0 bridgehead atoms. The van der Waals surface area contributed by atoms with E-state index in [2.05, 4.69) is 19.2 Å². The van der Waals surface area contributed by atoms with Gasteiger partial charge in [0.05, 0.1) is 5.69 Å². The number of halogens is 1. The van der Waals surface area contributed by atoms with Crippen molar-refractivity contribution in [1.29, 1.82) is 0 Å². The predicted octanol–water partition coefficient (Wildman–Crippen LogP) is 4.37. The van der Waals surface area contributed by atoms with E-state index in [4.69, 9.17) is 0 Å². The topological polar surface area (TPSA) is 12.0 Å². The first kappa shape index (κ1) is 12.4. The molecule has 1 fully saturated rings. The van der Waals surface area contributed by atoms with Gasteiger partial charge in [0, 0.05) is 6.04 Å². The average Bonchev–Trinajstić information content (AvgIpc) is 2.28. The fourth-order valence-electron chi connectivity index (χ4n) is 2.70. The number of para-hydroxylation sites is 1. The normalized spacial score (nSPS) is 29.1. The molecule has 0 spiro atoms. The summed E-state index contributed by atoms with van der Waals surface area (Å²) >= 11 is 0. The summed E-state index contributed by atoms with van der Waals surface area (Å²) < 4.78 is 13.7. The Kier molecular flexibility index (Phi) is 3.70. The molecule has 0 heterocycles. The summed E-state index contributed by atoms with van der Waals surface area (Å²) in [6.07, 6.45) is 3.54. The Morgan fingerprint density at radius 2 is 1.94 bits per heavy atom. The second-order valence-corrected chi connectivity index (χ2v) is 5.54. The number of aryl methyl sites for hydroxylation is 1. The van der Waals surface area contributed by atoms with E-state index in [0.29, 0.717) is 11.7 Å². The van der Waals surface area contributed by atoms with E-state index in [-0.39, 0.29) is 5.82 Å². The minimum atomic E-state index is -0.128. The highest BCUT2D eigenvalue weighted by atomic mass is 19.1. The maximum Gasteiger partial charge on any atom is 0.146 e. The van der Waals surface area contributed by atoms with E-state index < -0.39 is 0 Å². The Bertz CT molecular complexity index is 368. The Balaban J connectivity index is 2.06. The molecule has 3 atom stereocenters. The fraction of sp³-hybridized carbons (Fsp3) is 0.600. The largest absolute Gasteiger partial charge is 0.380 e. The molecule has 1 aliphatic carbocycles. The molecule has 1 N–H and O–H groups in total. The maximum atomic E-state index is 13.7. The van der Waals surface area contributed by atoms with Crippen LogP contribution in [0.2, 0.25) is 0 Å². The second kappa shape index (κ2) is 5.07. The van der Waals surface area contributed by atoms with Gasteiger partial charge in [0.15, 0.2) is 0 Å². The summed E-state index contributed by atoms with van der Waals surface area (Å²) in [5.74, 6) is 1.40. The molecule has 94 valence electrons. The molecule has 17 heavy (non-hydrogen) atoms. The Morgan fingerprint density at radius 3 is 2.59 bits per heavy atom. The lowest BCUT2D eigenvalue weighted by Crippen LogP contribution is -2.30. The number of rotatable bonds is 2. The highest BCUT2D eigenvalue weighted by Gasteiger charge is 2.25. The first-order chi connectivity index (χ1) is 8.08. The van der Waals surface area contributed by atoms with E-state index in [1.165, 1.54) is 12.5 Å². The van der Waals surface area contributed by atoms with Crippen LogP contribution < -0.4 is 5.32 Å². The van der Waals surface area contributed by atoms with Gasteiger partial charge in [-0.15, -0.1) is 0 Å². The highest BCUT2D eigenvalue weighted by molar-refractivity contribution is 5.52. The molecule has 2 rings (SSSR count). The number of hydrogen-bond donors (Lipinski definition) is 1. The molecule has 0 aromatic heterocycles. The van der Waals surface area contributed by atoms with E-state index in [1.54, 1.807) is 6.07 Å². The summed E-state index contributed by atoms with van der Waals surface area (Å²) in [7, 11) is 0. The molecule has 1 saturated carbocycles. The lowest BCUT2D eigenvalue weighted by molar-refractivity contribution is 0.260. The third kappa shape index (κ3) is 2.80. The van der Waals surface area contributed by atoms with Crippen LogP contribution in [-0.4, -0.2) is 6.04 Å². The van der Waals surface area contributed by atoms with Crippen LogP contribution in [0, 0.1) is 24.6 Å². The van der Waals surface area contributed by atoms with Crippen molar-refractivity contribution in [3.63, 3.8) is 0 Å². The SMILES string of the molecule is Cc1cccc(F)c1NC1CCC(C)C(C)C1. The summed E-state index contributed by atoms with van der Waals surface area (Å²) in [4.78, 5) is 0. The smallest absolute Gasteiger partial charge is 0.146 e.